The van der Waals surface area contributed by atoms with Crippen molar-refractivity contribution in [2.24, 2.45) is 0 Å². The van der Waals surface area contributed by atoms with Crippen molar-refractivity contribution < 1.29 is 32.7 Å². The topological polar surface area (TPSA) is 89.7 Å². The van der Waals surface area contributed by atoms with Gasteiger partial charge in [-0.15, -0.1) is 0 Å². The van der Waals surface area contributed by atoms with Crippen LogP contribution in [0.4, 0.5) is 18.9 Å². The number of ether oxygens (including phenoxy) is 1. The second kappa shape index (κ2) is 7.20. The van der Waals surface area contributed by atoms with Crippen molar-refractivity contribution in [3.05, 3.63) is 62.2 Å². The van der Waals surface area contributed by atoms with E-state index in [4.69, 9.17) is 16.3 Å². The van der Waals surface area contributed by atoms with Crippen molar-refractivity contribution in [3.8, 4) is 11.5 Å². The molecule has 0 aliphatic carbocycles. The van der Waals surface area contributed by atoms with E-state index in [0.717, 1.165) is 18.2 Å². The predicted molar refractivity (Wildman–Crippen MR) is 86.0 cm³/mol. The minimum Gasteiger partial charge on any atom is -0.477 e. The lowest BCUT2D eigenvalue weighted by Crippen LogP contribution is -2.07. The number of nitrogens with zero attached hydrogens (tertiary/aromatic N) is 1. The molecule has 1 N–H and O–H groups in total. The summed E-state index contributed by atoms with van der Waals surface area (Å²) in [5.74, 6) is -1.77. The van der Waals surface area contributed by atoms with Crippen LogP contribution in [0.15, 0.2) is 30.3 Å². The summed E-state index contributed by atoms with van der Waals surface area (Å²) in [5, 5.41) is 20.0. The fourth-order valence-corrected chi connectivity index (χ4v) is 2.48. The lowest BCUT2D eigenvalue weighted by atomic mass is 10.0. The first-order valence-electron chi connectivity index (χ1n) is 7.13. The zero-order chi connectivity index (χ0) is 19.6. The molecule has 0 heterocycles. The molecule has 0 spiro atoms. The summed E-state index contributed by atoms with van der Waals surface area (Å²) in [6, 6.07) is 4.58. The van der Waals surface area contributed by atoms with Crippen molar-refractivity contribution in [2.45, 2.75) is 19.5 Å². The molecule has 0 radical (unpaired) electrons. The number of carboxylic acids is 1. The summed E-state index contributed by atoms with van der Waals surface area (Å²) in [4.78, 5) is 21.6. The maximum absolute atomic E-state index is 12.7. The molecule has 0 unspecified atom stereocenters. The van der Waals surface area contributed by atoms with Gasteiger partial charge in [0.25, 0.3) is 5.69 Å². The van der Waals surface area contributed by atoms with Crippen molar-refractivity contribution in [3.63, 3.8) is 0 Å². The second-order valence-corrected chi connectivity index (χ2v) is 5.55. The molecule has 2 aromatic carbocycles. The number of halogens is 4. The molecule has 26 heavy (non-hydrogen) atoms. The van der Waals surface area contributed by atoms with E-state index in [1.54, 1.807) is 6.92 Å². The highest BCUT2D eigenvalue weighted by molar-refractivity contribution is 6.32. The fourth-order valence-electron chi connectivity index (χ4n) is 2.26. The first-order valence-corrected chi connectivity index (χ1v) is 7.51. The van der Waals surface area contributed by atoms with Crippen LogP contribution in [0.2, 0.25) is 5.02 Å². The van der Waals surface area contributed by atoms with E-state index in [1.807, 2.05) is 0 Å². The summed E-state index contributed by atoms with van der Waals surface area (Å²) in [6.45, 7) is 1.59. The highest BCUT2D eigenvalue weighted by Gasteiger charge is 2.31. The molecule has 0 bridgehead atoms. The molecule has 0 saturated carbocycles. The van der Waals surface area contributed by atoms with Gasteiger partial charge in [0.05, 0.1) is 15.5 Å². The number of nitro benzene ring substituents is 1. The number of hydrogen-bond donors (Lipinski definition) is 1. The van der Waals surface area contributed by atoms with Gasteiger partial charge in [-0.2, -0.15) is 13.2 Å². The molecule has 2 aromatic rings. The van der Waals surface area contributed by atoms with E-state index in [-0.39, 0.29) is 28.5 Å². The molecule has 0 fully saturated rings. The lowest BCUT2D eigenvalue weighted by molar-refractivity contribution is -0.385. The zero-order valence-corrected chi connectivity index (χ0v) is 13.9. The molecule has 0 aliphatic rings. The molecule has 0 aromatic heterocycles. The van der Waals surface area contributed by atoms with Crippen molar-refractivity contribution in [1.82, 2.24) is 0 Å². The molecule has 0 aliphatic heterocycles. The van der Waals surface area contributed by atoms with Gasteiger partial charge in [0, 0.05) is 11.6 Å². The Bertz CT molecular complexity index is 883. The minimum absolute atomic E-state index is 0.0912. The van der Waals surface area contributed by atoms with Crippen LogP contribution in [-0.2, 0) is 12.6 Å². The Hall–Kier alpha value is -2.81. The first-order chi connectivity index (χ1) is 12.0. The summed E-state index contributed by atoms with van der Waals surface area (Å²) >= 11 is 5.79. The third kappa shape index (κ3) is 4.05. The van der Waals surface area contributed by atoms with Crippen LogP contribution < -0.4 is 4.74 Å². The van der Waals surface area contributed by atoms with Crippen LogP contribution in [0.3, 0.4) is 0 Å². The Morgan fingerprint density at radius 3 is 2.42 bits per heavy atom. The number of aryl methyl sites for hydroxylation is 1. The Labute approximate surface area is 149 Å². The van der Waals surface area contributed by atoms with Crippen molar-refractivity contribution in [2.75, 3.05) is 0 Å². The maximum atomic E-state index is 12.7. The monoisotopic (exact) mass is 389 g/mol. The van der Waals surface area contributed by atoms with E-state index in [1.165, 1.54) is 6.07 Å². The molecule has 2 rings (SSSR count). The Balaban J connectivity index is 2.49. The third-order valence-electron chi connectivity index (χ3n) is 3.44. The highest BCUT2D eigenvalue weighted by Crippen LogP contribution is 2.38. The summed E-state index contributed by atoms with van der Waals surface area (Å²) in [7, 11) is 0. The number of rotatable bonds is 5. The Morgan fingerprint density at radius 1 is 1.31 bits per heavy atom. The predicted octanol–water partition coefficient (Wildman–Crippen LogP) is 5.32. The number of hydrogen-bond acceptors (Lipinski definition) is 4. The van der Waals surface area contributed by atoms with E-state index < -0.39 is 33.9 Å². The second-order valence-electron chi connectivity index (χ2n) is 5.14. The summed E-state index contributed by atoms with van der Waals surface area (Å²) < 4.78 is 43.3. The quantitative estimate of drug-likeness (QED) is 0.552. The minimum atomic E-state index is -4.58. The maximum Gasteiger partial charge on any atom is 0.416 e. The van der Waals surface area contributed by atoms with E-state index in [9.17, 15) is 33.2 Å². The zero-order valence-electron chi connectivity index (χ0n) is 13.1. The molecule has 0 amide bonds. The average molecular weight is 390 g/mol. The normalized spacial score (nSPS) is 11.3. The first kappa shape index (κ1) is 19.5. The number of carboxylic acid groups (broad SMARTS) is 1. The SMILES string of the molecule is CCc1cc(Oc2ccc(C(F)(F)F)cc2Cl)cc(C(=O)O)c1[N+](=O)[O-]. The van der Waals surface area contributed by atoms with Crippen LogP contribution in [-0.4, -0.2) is 16.0 Å². The molecule has 138 valence electrons. The number of benzene rings is 2. The van der Waals surface area contributed by atoms with Gasteiger partial charge in [0.1, 0.15) is 17.1 Å². The number of nitro groups is 1. The van der Waals surface area contributed by atoms with Crippen LogP contribution in [0.25, 0.3) is 0 Å². The molecule has 10 heteroatoms. The van der Waals surface area contributed by atoms with Crippen LogP contribution in [0.1, 0.15) is 28.4 Å². The van der Waals surface area contributed by atoms with Crippen molar-refractivity contribution >= 4 is 23.3 Å². The molecule has 0 atom stereocenters. The molecular formula is C16H11ClF3NO5. The molecular weight excluding hydrogens is 379 g/mol. The number of carbonyl (C=O) groups is 1. The van der Waals surface area contributed by atoms with Gasteiger partial charge in [-0.1, -0.05) is 18.5 Å². The summed E-state index contributed by atoms with van der Waals surface area (Å²) in [6.07, 6.45) is -4.43. The third-order valence-corrected chi connectivity index (χ3v) is 3.74. The van der Waals surface area contributed by atoms with Crippen LogP contribution in [0, 0.1) is 10.1 Å². The average Bonchev–Trinajstić information content (AvgIpc) is 2.54. The molecule has 6 nitrogen and oxygen atoms in total. The Kier molecular flexibility index (Phi) is 5.41. The lowest BCUT2D eigenvalue weighted by Gasteiger charge is -2.13. The fraction of sp³-hybridized carbons (Fsp3) is 0.188. The van der Waals surface area contributed by atoms with E-state index in [2.05, 4.69) is 0 Å². The van der Waals surface area contributed by atoms with Crippen LogP contribution in [0.5, 0.6) is 11.5 Å². The van der Waals surface area contributed by atoms with Gasteiger partial charge < -0.3 is 9.84 Å². The molecule has 0 saturated heterocycles. The van der Waals surface area contributed by atoms with Crippen LogP contribution >= 0.6 is 11.6 Å². The standard InChI is InChI=1S/C16H11ClF3NO5/c1-2-8-5-10(7-11(15(22)23)14(8)21(24)25)26-13-4-3-9(6-12(13)17)16(18,19)20/h3-7H,2H2,1H3,(H,22,23). The van der Waals surface area contributed by atoms with Gasteiger partial charge >= 0.3 is 12.1 Å². The van der Waals surface area contributed by atoms with Gasteiger partial charge in [-0.05, 0) is 30.7 Å². The number of aromatic carboxylic acids is 1. The van der Waals surface area contributed by atoms with E-state index >= 15 is 0 Å². The number of alkyl halides is 3. The largest absolute Gasteiger partial charge is 0.477 e. The summed E-state index contributed by atoms with van der Waals surface area (Å²) in [5.41, 5.74) is -2.02. The Morgan fingerprint density at radius 2 is 1.96 bits per heavy atom. The van der Waals surface area contributed by atoms with E-state index in [0.29, 0.717) is 6.07 Å². The smallest absolute Gasteiger partial charge is 0.416 e. The van der Waals surface area contributed by atoms with Gasteiger partial charge in [-0.25, -0.2) is 4.79 Å². The highest BCUT2D eigenvalue weighted by atomic mass is 35.5. The van der Waals surface area contributed by atoms with Crippen molar-refractivity contribution in [1.29, 1.82) is 0 Å². The van der Waals surface area contributed by atoms with Gasteiger partial charge in [-0.3, -0.25) is 10.1 Å². The van der Waals surface area contributed by atoms with Gasteiger partial charge in [0.2, 0.25) is 0 Å². The van der Waals surface area contributed by atoms with Gasteiger partial charge in [0.15, 0.2) is 0 Å².